The summed E-state index contributed by atoms with van der Waals surface area (Å²) >= 11 is 0. The lowest BCUT2D eigenvalue weighted by molar-refractivity contribution is -0.125. The van der Waals surface area contributed by atoms with Crippen molar-refractivity contribution in [1.82, 2.24) is 15.1 Å². The third kappa shape index (κ3) is 2.51. The molecule has 6 nitrogen and oxygen atoms in total. The summed E-state index contributed by atoms with van der Waals surface area (Å²) in [5.41, 5.74) is 0. The van der Waals surface area contributed by atoms with E-state index in [4.69, 9.17) is 0 Å². The monoisotopic (exact) mass is 227 g/mol. The van der Waals surface area contributed by atoms with Crippen molar-refractivity contribution in [3.8, 4) is 0 Å². The first-order valence-electron chi connectivity index (χ1n) is 5.65. The minimum atomic E-state index is -0.303. The van der Waals surface area contributed by atoms with Gasteiger partial charge in [-0.05, 0) is 19.4 Å². The molecule has 1 atom stereocenters. The van der Waals surface area contributed by atoms with E-state index >= 15 is 0 Å². The molecule has 16 heavy (non-hydrogen) atoms. The molecule has 6 heteroatoms. The van der Waals surface area contributed by atoms with Crippen LogP contribution in [0.25, 0.3) is 0 Å². The van der Waals surface area contributed by atoms with E-state index in [2.05, 4.69) is 10.2 Å². The van der Waals surface area contributed by atoms with Gasteiger partial charge in [-0.2, -0.15) is 0 Å². The highest BCUT2D eigenvalue weighted by Gasteiger charge is 2.28. The van der Waals surface area contributed by atoms with Crippen LogP contribution in [0.2, 0.25) is 0 Å². The van der Waals surface area contributed by atoms with Crippen LogP contribution >= 0.6 is 0 Å². The van der Waals surface area contributed by atoms with Crippen molar-refractivity contribution >= 4 is 11.9 Å². The van der Waals surface area contributed by atoms with Crippen LogP contribution in [0.4, 0.5) is 4.79 Å². The maximum atomic E-state index is 11.3. The third-order valence-corrected chi connectivity index (χ3v) is 3.06. The molecule has 2 saturated heterocycles. The summed E-state index contributed by atoms with van der Waals surface area (Å²) in [7, 11) is 0. The third-order valence-electron chi connectivity index (χ3n) is 3.06. The second-order valence-electron chi connectivity index (χ2n) is 4.30. The van der Waals surface area contributed by atoms with Gasteiger partial charge in [0.05, 0.1) is 12.6 Å². The summed E-state index contributed by atoms with van der Waals surface area (Å²) in [6, 6.07) is -0.303. The maximum Gasteiger partial charge on any atom is 0.324 e. The quantitative estimate of drug-likeness (QED) is 0.606. The lowest BCUT2D eigenvalue weighted by atomic mass is 10.1. The van der Waals surface area contributed by atoms with Crippen LogP contribution in [-0.2, 0) is 4.79 Å². The Bertz CT molecular complexity index is 279. The molecule has 3 amide bonds. The molecule has 0 aromatic heterocycles. The lowest BCUT2D eigenvalue weighted by Gasteiger charge is -2.30. The van der Waals surface area contributed by atoms with Gasteiger partial charge >= 0.3 is 6.03 Å². The van der Waals surface area contributed by atoms with Crippen molar-refractivity contribution in [1.29, 1.82) is 0 Å². The van der Waals surface area contributed by atoms with Gasteiger partial charge in [0.1, 0.15) is 0 Å². The largest absolute Gasteiger partial charge is 0.392 e. The fraction of sp³-hybridized carbons (Fsp3) is 0.800. The Balaban J connectivity index is 1.78. The number of likely N-dealkylation sites (tertiary alicyclic amines) is 1. The van der Waals surface area contributed by atoms with E-state index in [1.807, 2.05) is 0 Å². The van der Waals surface area contributed by atoms with Gasteiger partial charge in [-0.3, -0.25) is 14.6 Å². The van der Waals surface area contributed by atoms with E-state index in [9.17, 15) is 14.7 Å². The predicted octanol–water partition coefficient (Wildman–Crippen LogP) is -1.01. The Kier molecular flexibility index (Phi) is 3.40. The van der Waals surface area contributed by atoms with Gasteiger partial charge in [-0.1, -0.05) is 0 Å². The van der Waals surface area contributed by atoms with E-state index in [1.54, 1.807) is 0 Å². The number of nitrogens with zero attached hydrogens (tertiary/aromatic N) is 2. The van der Waals surface area contributed by atoms with Gasteiger partial charge < -0.3 is 10.4 Å². The number of nitrogens with one attached hydrogen (secondary N) is 1. The average Bonchev–Trinajstić information content (AvgIpc) is 2.56. The number of hydrogen-bond donors (Lipinski definition) is 2. The lowest BCUT2D eigenvalue weighted by Crippen LogP contribution is -2.44. The van der Waals surface area contributed by atoms with Gasteiger partial charge in [0.25, 0.3) is 0 Å². The minimum absolute atomic E-state index is 0.113. The SMILES string of the molecule is O=C1CNC(=O)N1CCN1CCC[C@H](O)C1. The molecular formula is C10H17N3O3. The highest BCUT2D eigenvalue weighted by atomic mass is 16.3. The zero-order valence-electron chi connectivity index (χ0n) is 9.19. The molecule has 2 fully saturated rings. The van der Waals surface area contributed by atoms with Gasteiger partial charge in [0, 0.05) is 19.6 Å². The van der Waals surface area contributed by atoms with Crippen LogP contribution in [0.5, 0.6) is 0 Å². The molecule has 0 aliphatic carbocycles. The number of carbonyl (C=O) groups is 2. The molecule has 2 heterocycles. The zero-order chi connectivity index (χ0) is 11.5. The number of carbonyl (C=O) groups excluding carboxylic acids is 2. The fourth-order valence-corrected chi connectivity index (χ4v) is 2.16. The van der Waals surface area contributed by atoms with Crippen molar-refractivity contribution in [2.75, 3.05) is 32.7 Å². The first-order chi connectivity index (χ1) is 7.66. The molecule has 2 aliphatic heterocycles. The van der Waals surface area contributed by atoms with Crippen LogP contribution in [0.1, 0.15) is 12.8 Å². The Hall–Kier alpha value is -1.14. The number of urea groups is 1. The van der Waals surface area contributed by atoms with Gasteiger partial charge in [0.2, 0.25) is 5.91 Å². The van der Waals surface area contributed by atoms with E-state index in [0.29, 0.717) is 19.6 Å². The van der Waals surface area contributed by atoms with Gasteiger partial charge in [0.15, 0.2) is 0 Å². The fourth-order valence-electron chi connectivity index (χ4n) is 2.16. The minimum Gasteiger partial charge on any atom is -0.392 e. The van der Waals surface area contributed by atoms with Gasteiger partial charge in [-0.15, -0.1) is 0 Å². The first kappa shape index (κ1) is 11.3. The number of piperidine rings is 1. The molecule has 0 unspecified atom stereocenters. The molecular weight excluding hydrogens is 210 g/mol. The topological polar surface area (TPSA) is 72.9 Å². The Morgan fingerprint density at radius 2 is 2.19 bits per heavy atom. The molecule has 0 bridgehead atoms. The number of β-amino-alcohol motifs (C(OH)–C–C–N with tert-alkyl or cyclic N) is 1. The summed E-state index contributed by atoms with van der Waals surface area (Å²) in [5.74, 6) is -0.164. The standard InChI is InChI=1S/C10H17N3O3/c14-8-2-1-3-12(7-8)4-5-13-9(15)6-11-10(13)16/h8,14H,1-7H2,(H,11,16)/t8-/m0/s1. The van der Waals surface area contributed by atoms with Crippen molar-refractivity contribution in [2.24, 2.45) is 0 Å². The molecule has 2 rings (SSSR count). The van der Waals surface area contributed by atoms with E-state index < -0.39 is 0 Å². The summed E-state index contributed by atoms with van der Waals surface area (Å²) in [6.07, 6.45) is 1.55. The number of aliphatic hydroxyl groups is 1. The molecule has 2 N–H and O–H groups in total. The number of rotatable bonds is 3. The molecule has 0 aromatic rings. The van der Waals surface area contributed by atoms with Crippen molar-refractivity contribution < 1.29 is 14.7 Å². The Morgan fingerprint density at radius 1 is 1.38 bits per heavy atom. The van der Waals surface area contributed by atoms with Crippen LogP contribution < -0.4 is 5.32 Å². The predicted molar refractivity (Wildman–Crippen MR) is 56.8 cm³/mol. The van der Waals surface area contributed by atoms with E-state index in [1.165, 1.54) is 4.90 Å². The molecule has 2 aliphatic rings. The average molecular weight is 227 g/mol. The van der Waals surface area contributed by atoms with Crippen molar-refractivity contribution in [3.63, 3.8) is 0 Å². The first-order valence-corrected chi connectivity index (χ1v) is 5.65. The molecule has 90 valence electrons. The van der Waals surface area contributed by atoms with E-state index in [0.717, 1.165) is 19.4 Å². The van der Waals surface area contributed by atoms with Crippen molar-refractivity contribution in [2.45, 2.75) is 18.9 Å². The maximum absolute atomic E-state index is 11.3. The molecule has 0 aromatic carbocycles. The smallest absolute Gasteiger partial charge is 0.324 e. The van der Waals surface area contributed by atoms with Crippen molar-refractivity contribution in [3.05, 3.63) is 0 Å². The van der Waals surface area contributed by atoms with Crippen LogP contribution in [-0.4, -0.2) is 65.7 Å². The molecule has 0 saturated carbocycles. The molecule has 0 radical (unpaired) electrons. The second-order valence-corrected chi connectivity index (χ2v) is 4.30. The van der Waals surface area contributed by atoms with Crippen LogP contribution in [0, 0.1) is 0 Å². The summed E-state index contributed by atoms with van der Waals surface area (Å²) < 4.78 is 0. The van der Waals surface area contributed by atoms with E-state index in [-0.39, 0.29) is 24.6 Å². The summed E-state index contributed by atoms with van der Waals surface area (Å²) in [5, 5.41) is 12.0. The second kappa shape index (κ2) is 4.80. The number of amides is 3. The normalized spacial score (nSPS) is 27.3. The highest BCUT2D eigenvalue weighted by molar-refractivity contribution is 6.01. The Morgan fingerprint density at radius 3 is 2.81 bits per heavy atom. The number of aliphatic hydroxyl groups excluding tert-OH is 1. The Labute approximate surface area is 94.2 Å². The number of hydrogen-bond acceptors (Lipinski definition) is 4. The molecule has 0 spiro atoms. The van der Waals surface area contributed by atoms with Crippen LogP contribution in [0.15, 0.2) is 0 Å². The number of imide groups is 1. The van der Waals surface area contributed by atoms with Crippen LogP contribution in [0.3, 0.4) is 0 Å². The summed E-state index contributed by atoms with van der Waals surface area (Å²) in [4.78, 5) is 25.9. The zero-order valence-corrected chi connectivity index (χ0v) is 9.19. The highest BCUT2D eigenvalue weighted by Crippen LogP contribution is 2.09. The van der Waals surface area contributed by atoms with Gasteiger partial charge in [-0.25, -0.2) is 4.79 Å². The summed E-state index contributed by atoms with van der Waals surface area (Å²) in [6.45, 7) is 2.75.